The van der Waals surface area contributed by atoms with Crippen molar-refractivity contribution in [3.8, 4) is 61.6 Å². The van der Waals surface area contributed by atoms with Gasteiger partial charge in [-0.05, 0) is 88.6 Å². The smallest absolute Gasteiger partial charge is 0.145 e. The van der Waals surface area contributed by atoms with Crippen molar-refractivity contribution < 1.29 is 0 Å². The van der Waals surface area contributed by atoms with Crippen molar-refractivity contribution >= 4 is 54.1 Å². The van der Waals surface area contributed by atoms with Crippen LogP contribution in [0.4, 0.5) is 0 Å². The highest BCUT2D eigenvalue weighted by Gasteiger charge is 2.25. The van der Waals surface area contributed by atoms with E-state index in [1.165, 1.54) is 70.9 Å². The zero-order valence-electron chi connectivity index (χ0n) is 33.3. The zero-order valence-corrected chi connectivity index (χ0v) is 33.3. The molecule has 0 aliphatic carbocycles. The van der Waals surface area contributed by atoms with E-state index in [0.29, 0.717) is 0 Å². The summed E-state index contributed by atoms with van der Waals surface area (Å²) in [5, 5.41) is 9.86. The highest BCUT2D eigenvalue weighted by Crippen LogP contribution is 2.48. The predicted molar refractivity (Wildman–Crippen MR) is 258 cm³/mol. The summed E-state index contributed by atoms with van der Waals surface area (Å²) in [6, 6.07) is 83.4. The van der Waals surface area contributed by atoms with Crippen LogP contribution in [0, 0.1) is 0 Å². The van der Waals surface area contributed by atoms with Crippen LogP contribution >= 0.6 is 0 Å². The lowest BCUT2D eigenvalue weighted by Gasteiger charge is -2.19. The van der Waals surface area contributed by atoms with Crippen LogP contribution in [-0.2, 0) is 0 Å². The molecule has 0 spiro atoms. The van der Waals surface area contributed by atoms with Gasteiger partial charge in [-0.1, -0.05) is 218 Å². The Hall–Kier alpha value is -8.07. The first-order valence-electron chi connectivity index (χ1n) is 21.0. The number of hydrogen-bond acceptors (Lipinski definition) is 1. The van der Waals surface area contributed by atoms with Gasteiger partial charge in [-0.3, -0.25) is 4.57 Å². The van der Waals surface area contributed by atoms with Crippen LogP contribution in [0.15, 0.2) is 231 Å². The maximum atomic E-state index is 5.71. The Kier molecular flexibility index (Phi) is 8.21. The van der Waals surface area contributed by atoms with Crippen LogP contribution in [0.25, 0.3) is 116 Å². The Morgan fingerprint density at radius 2 is 0.689 bits per heavy atom. The maximum Gasteiger partial charge on any atom is 0.145 e. The van der Waals surface area contributed by atoms with Gasteiger partial charge in [0.25, 0.3) is 0 Å². The summed E-state index contributed by atoms with van der Waals surface area (Å²) in [4.78, 5) is 5.71. The molecule has 0 amide bonds. The van der Waals surface area contributed by atoms with Crippen LogP contribution in [-0.4, -0.2) is 9.55 Å². The lowest BCUT2D eigenvalue weighted by Crippen LogP contribution is -1.99. The molecule has 1 aromatic heterocycles. The SMILES string of the molecule is c1ccc(-c2c3ccccc3c(-c3ccccc3)c3c2nc(-c2ccc(-c4c5ccccc5c(-c5cccc6ccccc56)c5ccccc45)cc2)n3-c2ccccc2)cc1. The molecule has 12 rings (SSSR count). The minimum Gasteiger partial charge on any atom is -0.292 e. The molecule has 0 saturated carbocycles. The fourth-order valence-corrected chi connectivity index (χ4v) is 9.77. The molecule has 0 N–H and O–H groups in total. The van der Waals surface area contributed by atoms with Crippen molar-refractivity contribution in [1.29, 1.82) is 0 Å². The molecule has 1 heterocycles. The fourth-order valence-electron chi connectivity index (χ4n) is 9.77. The average Bonchev–Trinajstić information content (AvgIpc) is 3.73. The Morgan fingerprint density at radius 1 is 0.279 bits per heavy atom. The molecular formula is C59H38N2. The molecule has 0 bridgehead atoms. The first kappa shape index (κ1) is 34.9. The van der Waals surface area contributed by atoms with E-state index in [2.05, 4.69) is 235 Å². The van der Waals surface area contributed by atoms with Gasteiger partial charge in [0, 0.05) is 22.4 Å². The lowest BCUT2D eigenvalue weighted by molar-refractivity contribution is 1.10. The Balaban J connectivity index is 1.13. The number of benzene rings is 11. The number of hydrogen-bond donors (Lipinski definition) is 0. The van der Waals surface area contributed by atoms with E-state index < -0.39 is 0 Å². The van der Waals surface area contributed by atoms with Crippen molar-refractivity contribution in [2.24, 2.45) is 0 Å². The molecule has 0 saturated heterocycles. The van der Waals surface area contributed by atoms with Gasteiger partial charge in [-0.25, -0.2) is 4.98 Å². The van der Waals surface area contributed by atoms with E-state index in [9.17, 15) is 0 Å². The molecule has 0 fully saturated rings. The minimum atomic E-state index is 0.901. The number of rotatable bonds is 6. The quantitative estimate of drug-likeness (QED) is 0.154. The van der Waals surface area contributed by atoms with Crippen LogP contribution in [0.1, 0.15) is 0 Å². The normalized spacial score (nSPS) is 11.6. The summed E-state index contributed by atoms with van der Waals surface area (Å²) >= 11 is 0. The van der Waals surface area contributed by atoms with Crippen molar-refractivity contribution in [1.82, 2.24) is 9.55 Å². The predicted octanol–water partition coefficient (Wildman–Crippen LogP) is 16.0. The first-order valence-corrected chi connectivity index (χ1v) is 21.0. The van der Waals surface area contributed by atoms with Gasteiger partial charge in [0.2, 0.25) is 0 Å². The van der Waals surface area contributed by atoms with Gasteiger partial charge < -0.3 is 0 Å². The minimum absolute atomic E-state index is 0.901. The topological polar surface area (TPSA) is 17.8 Å². The molecule has 2 heteroatoms. The molecule has 2 nitrogen and oxygen atoms in total. The number of nitrogens with zero attached hydrogens (tertiary/aromatic N) is 2. The van der Waals surface area contributed by atoms with Crippen LogP contribution in [0.5, 0.6) is 0 Å². The van der Waals surface area contributed by atoms with Gasteiger partial charge >= 0.3 is 0 Å². The maximum absolute atomic E-state index is 5.71. The van der Waals surface area contributed by atoms with E-state index in [4.69, 9.17) is 4.98 Å². The molecule has 0 aliphatic rings. The number of fused-ring (bicyclic) bond motifs is 5. The van der Waals surface area contributed by atoms with Gasteiger partial charge in [0.05, 0.1) is 11.0 Å². The summed E-state index contributed by atoms with van der Waals surface area (Å²) in [5.41, 5.74) is 13.7. The second-order valence-corrected chi connectivity index (χ2v) is 15.8. The average molecular weight is 775 g/mol. The standard InChI is InChI=1S/C59H38N2/c1-4-20-40(21-5-1)54-49-30-14-15-31-50(49)55(41-22-6-2-7-23-41)58-57(54)60-59(61(58)44-25-8-3-9-26-44)43-37-35-42(36-38-43)53-47-28-12-16-32-51(47)56(52-33-17-13-29-48(52)53)46-34-18-24-39-19-10-11-27-45(39)46/h1-38H. The van der Waals surface area contributed by atoms with Crippen LogP contribution < -0.4 is 0 Å². The molecule has 11 aromatic carbocycles. The highest BCUT2D eigenvalue weighted by molar-refractivity contribution is 6.24. The van der Waals surface area contributed by atoms with Crippen molar-refractivity contribution in [2.45, 2.75) is 0 Å². The van der Waals surface area contributed by atoms with E-state index in [1.807, 2.05) is 0 Å². The molecule has 12 aromatic rings. The number of para-hydroxylation sites is 1. The molecule has 61 heavy (non-hydrogen) atoms. The zero-order chi connectivity index (χ0) is 40.3. The van der Waals surface area contributed by atoms with Crippen molar-refractivity contribution in [2.75, 3.05) is 0 Å². The van der Waals surface area contributed by atoms with Crippen LogP contribution in [0.3, 0.4) is 0 Å². The third-order valence-electron chi connectivity index (χ3n) is 12.4. The largest absolute Gasteiger partial charge is 0.292 e. The van der Waals surface area contributed by atoms with Gasteiger partial charge in [-0.2, -0.15) is 0 Å². The number of imidazole rings is 1. The Bertz CT molecular complexity index is 3540. The third kappa shape index (κ3) is 5.61. The van der Waals surface area contributed by atoms with Crippen molar-refractivity contribution in [3.05, 3.63) is 231 Å². The Morgan fingerprint density at radius 3 is 1.28 bits per heavy atom. The summed E-state index contributed by atoms with van der Waals surface area (Å²) in [5.74, 6) is 0.901. The molecule has 0 unspecified atom stereocenters. The second kappa shape index (κ2) is 14.3. The van der Waals surface area contributed by atoms with Crippen molar-refractivity contribution in [3.63, 3.8) is 0 Å². The summed E-state index contributed by atoms with van der Waals surface area (Å²) in [6.07, 6.45) is 0. The van der Waals surface area contributed by atoms with Crippen LogP contribution in [0.2, 0.25) is 0 Å². The lowest BCUT2D eigenvalue weighted by atomic mass is 9.84. The summed E-state index contributed by atoms with van der Waals surface area (Å²) in [6.45, 7) is 0. The fraction of sp³-hybridized carbons (Fsp3) is 0. The third-order valence-corrected chi connectivity index (χ3v) is 12.4. The van der Waals surface area contributed by atoms with Gasteiger partial charge in [0.1, 0.15) is 5.82 Å². The van der Waals surface area contributed by atoms with E-state index in [-0.39, 0.29) is 0 Å². The van der Waals surface area contributed by atoms with Gasteiger partial charge in [0.15, 0.2) is 0 Å². The molecule has 284 valence electrons. The van der Waals surface area contributed by atoms with E-state index in [0.717, 1.165) is 44.8 Å². The molecule has 0 atom stereocenters. The highest BCUT2D eigenvalue weighted by atomic mass is 15.1. The van der Waals surface area contributed by atoms with E-state index in [1.54, 1.807) is 0 Å². The monoisotopic (exact) mass is 774 g/mol. The van der Waals surface area contributed by atoms with Gasteiger partial charge in [-0.15, -0.1) is 0 Å². The summed E-state index contributed by atoms with van der Waals surface area (Å²) < 4.78 is 2.38. The second-order valence-electron chi connectivity index (χ2n) is 15.8. The molecule has 0 radical (unpaired) electrons. The first-order chi connectivity index (χ1) is 30.3. The Labute approximate surface area is 354 Å². The number of aromatic nitrogens is 2. The molecular weight excluding hydrogens is 737 g/mol. The molecule has 0 aliphatic heterocycles. The van der Waals surface area contributed by atoms with E-state index >= 15 is 0 Å². The summed E-state index contributed by atoms with van der Waals surface area (Å²) in [7, 11) is 0.